The van der Waals surface area contributed by atoms with Crippen LogP contribution in [-0.2, 0) is 4.79 Å². The Hall–Kier alpha value is -0.570. The molecule has 0 aromatic heterocycles. The predicted molar refractivity (Wildman–Crippen MR) is 48.9 cm³/mol. The SMILES string of the molecule is CC1C(C)N1C(=O)[C@H](C)N(C)C. The van der Waals surface area contributed by atoms with Crippen molar-refractivity contribution < 1.29 is 4.79 Å². The van der Waals surface area contributed by atoms with E-state index in [4.69, 9.17) is 0 Å². The highest BCUT2D eigenvalue weighted by Crippen LogP contribution is 2.28. The summed E-state index contributed by atoms with van der Waals surface area (Å²) in [4.78, 5) is 15.5. The minimum atomic E-state index is 0.0115. The molecule has 1 aliphatic heterocycles. The highest BCUT2D eigenvalue weighted by Gasteiger charge is 2.45. The van der Waals surface area contributed by atoms with Gasteiger partial charge in [0.15, 0.2) is 0 Å². The van der Waals surface area contributed by atoms with Crippen LogP contribution in [0.1, 0.15) is 20.8 Å². The number of carbonyl (C=O) groups is 1. The fourth-order valence-corrected chi connectivity index (χ4v) is 1.34. The summed E-state index contributed by atoms with van der Waals surface area (Å²) in [5.41, 5.74) is 0. The van der Waals surface area contributed by atoms with Crippen LogP contribution in [0.15, 0.2) is 0 Å². The number of rotatable bonds is 2. The summed E-state index contributed by atoms with van der Waals surface area (Å²) in [5, 5.41) is 0. The van der Waals surface area contributed by atoms with Crippen LogP contribution >= 0.6 is 0 Å². The van der Waals surface area contributed by atoms with Crippen molar-refractivity contribution in [2.45, 2.75) is 38.9 Å². The van der Waals surface area contributed by atoms with Gasteiger partial charge in [-0.2, -0.15) is 0 Å². The van der Waals surface area contributed by atoms with Gasteiger partial charge in [0.2, 0.25) is 5.91 Å². The molecule has 1 amide bonds. The molecule has 2 unspecified atom stereocenters. The van der Waals surface area contributed by atoms with E-state index in [0.29, 0.717) is 12.1 Å². The highest BCUT2D eigenvalue weighted by molar-refractivity contribution is 5.84. The van der Waals surface area contributed by atoms with Crippen LogP contribution in [0.25, 0.3) is 0 Å². The maximum atomic E-state index is 11.7. The molecule has 0 aromatic rings. The van der Waals surface area contributed by atoms with Gasteiger partial charge in [-0.15, -0.1) is 0 Å². The molecule has 0 spiro atoms. The number of amides is 1. The average molecular weight is 170 g/mol. The van der Waals surface area contributed by atoms with Crippen molar-refractivity contribution in [2.24, 2.45) is 0 Å². The van der Waals surface area contributed by atoms with Gasteiger partial charge in [-0.1, -0.05) is 0 Å². The first-order chi connectivity index (χ1) is 5.46. The summed E-state index contributed by atoms with van der Waals surface area (Å²) in [6.07, 6.45) is 0. The van der Waals surface area contributed by atoms with Crippen LogP contribution in [0.4, 0.5) is 0 Å². The van der Waals surface area contributed by atoms with Gasteiger partial charge in [-0.3, -0.25) is 9.69 Å². The Morgan fingerprint density at radius 3 is 2.00 bits per heavy atom. The van der Waals surface area contributed by atoms with Gasteiger partial charge in [0.05, 0.1) is 6.04 Å². The number of hydrogen-bond donors (Lipinski definition) is 0. The van der Waals surface area contributed by atoms with Gasteiger partial charge in [0, 0.05) is 12.1 Å². The van der Waals surface area contributed by atoms with Crippen LogP contribution in [0, 0.1) is 0 Å². The normalized spacial score (nSPS) is 30.7. The lowest BCUT2D eigenvalue weighted by Gasteiger charge is -2.19. The van der Waals surface area contributed by atoms with Gasteiger partial charge < -0.3 is 4.90 Å². The molecule has 3 nitrogen and oxygen atoms in total. The molecule has 1 saturated heterocycles. The lowest BCUT2D eigenvalue weighted by Crippen LogP contribution is -2.37. The van der Waals surface area contributed by atoms with Crippen molar-refractivity contribution >= 4 is 5.91 Å². The Labute approximate surface area is 74.3 Å². The maximum absolute atomic E-state index is 11.7. The van der Waals surface area contributed by atoms with Crippen molar-refractivity contribution in [3.63, 3.8) is 0 Å². The Balaban J connectivity index is 2.50. The molecule has 0 aliphatic carbocycles. The number of nitrogens with zero attached hydrogens (tertiary/aromatic N) is 2. The molecule has 3 atom stereocenters. The summed E-state index contributed by atoms with van der Waals surface area (Å²) in [6, 6.07) is 0.900. The third-order valence-corrected chi connectivity index (χ3v) is 2.87. The molecule has 0 bridgehead atoms. The molecule has 0 radical (unpaired) electrons. The van der Waals surface area contributed by atoms with E-state index in [0.717, 1.165) is 0 Å². The Morgan fingerprint density at radius 1 is 1.33 bits per heavy atom. The Bertz CT molecular complexity index is 172. The van der Waals surface area contributed by atoms with E-state index in [1.165, 1.54) is 0 Å². The number of hydrogen-bond acceptors (Lipinski definition) is 2. The summed E-state index contributed by atoms with van der Waals surface area (Å²) < 4.78 is 0. The smallest absolute Gasteiger partial charge is 0.240 e. The maximum Gasteiger partial charge on any atom is 0.240 e. The Kier molecular flexibility index (Phi) is 2.42. The molecule has 12 heavy (non-hydrogen) atoms. The van der Waals surface area contributed by atoms with Crippen LogP contribution < -0.4 is 0 Å². The van der Waals surface area contributed by atoms with Gasteiger partial charge >= 0.3 is 0 Å². The van der Waals surface area contributed by atoms with Crippen molar-refractivity contribution in [1.29, 1.82) is 0 Å². The summed E-state index contributed by atoms with van der Waals surface area (Å²) in [6.45, 7) is 6.12. The molecule has 70 valence electrons. The van der Waals surface area contributed by atoms with Crippen LogP contribution in [-0.4, -0.2) is 47.9 Å². The van der Waals surface area contributed by atoms with Gasteiger partial charge in [0.1, 0.15) is 0 Å². The van der Waals surface area contributed by atoms with Crippen molar-refractivity contribution in [1.82, 2.24) is 9.80 Å². The average Bonchev–Trinajstić information content (AvgIpc) is 2.57. The number of carbonyl (C=O) groups excluding carboxylic acids is 1. The summed E-state index contributed by atoms with van der Waals surface area (Å²) in [5.74, 6) is 0.250. The predicted octanol–water partition coefficient (Wildman–Crippen LogP) is 0.556. The standard InChI is InChI=1S/C9H18N2O/c1-6-7(2)11(6)9(12)8(3)10(4)5/h6-8H,1-5H3/t6?,7?,8-,11?/m0/s1. The fourth-order valence-electron chi connectivity index (χ4n) is 1.34. The van der Waals surface area contributed by atoms with E-state index in [1.807, 2.05) is 30.8 Å². The zero-order valence-corrected chi connectivity index (χ0v) is 8.53. The largest absolute Gasteiger partial charge is 0.332 e. The molecule has 1 rings (SSSR count). The van der Waals surface area contributed by atoms with Crippen molar-refractivity contribution in [2.75, 3.05) is 14.1 Å². The summed E-state index contributed by atoms with van der Waals surface area (Å²) >= 11 is 0. The fraction of sp³-hybridized carbons (Fsp3) is 0.889. The monoisotopic (exact) mass is 170 g/mol. The van der Waals surface area contributed by atoms with Gasteiger partial charge in [-0.25, -0.2) is 0 Å². The van der Waals surface area contributed by atoms with E-state index in [9.17, 15) is 4.79 Å². The number of likely N-dealkylation sites (N-methyl/N-ethyl adjacent to an activating group) is 1. The third kappa shape index (κ3) is 1.46. The zero-order chi connectivity index (χ0) is 9.46. The third-order valence-electron chi connectivity index (χ3n) is 2.87. The summed E-state index contributed by atoms with van der Waals surface area (Å²) in [7, 11) is 3.86. The molecular formula is C9H18N2O. The molecule has 1 heterocycles. The highest BCUT2D eigenvalue weighted by atomic mass is 16.2. The molecule has 0 saturated carbocycles. The van der Waals surface area contributed by atoms with E-state index < -0.39 is 0 Å². The second kappa shape index (κ2) is 3.05. The van der Waals surface area contributed by atoms with Gasteiger partial charge in [0.25, 0.3) is 0 Å². The molecule has 0 N–H and O–H groups in total. The van der Waals surface area contributed by atoms with Gasteiger partial charge in [-0.05, 0) is 34.9 Å². The van der Waals surface area contributed by atoms with Crippen LogP contribution in [0.5, 0.6) is 0 Å². The molecule has 1 aliphatic rings. The van der Waals surface area contributed by atoms with E-state index in [-0.39, 0.29) is 11.9 Å². The lowest BCUT2D eigenvalue weighted by molar-refractivity contribution is -0.130. The van der Waals surface area contributed by atoms with E-state index >= 15 is 0 Å². The molecular weight excluding hydrogens is 152 g/mol. The van der Waals surface area contributed by atoms with Crippen LogP contribution in [0.3, 0.4) is 0 Å². The van der Waals surface area contributed by atoms with E-state index in [2.05, 4.69) is 13.8 Å². The topological polar surface area (TPSA) is 23.3 Å². The minimum absolute atomic E-state index is 0.0115. The minimum Gasteiger partial charge on any atom is -0.332 e. The Morgan fingerprint density at radius 2 is 1.75 bits per heavy atom. The quantitative estimate of drug-likeness (QED) is 0.565. The second-order valence-corrected chi connectivity index (χ2v) is 3.87. The van der Waals surface area contributed by atoms with Crippen LogP contribution in [0.2, 0.25) is 0 Å². The van der Waals surface area contributed by atoms with Crippen molar-refractivity contribution in [3.05, 3.63) is 0 Å². The molecule has 1 fully saturated rings. The van der Waals surface area contributed by atoms with Crippen molar-refractivity contribution in [3.8, 4) is 0 Å². The second-order valence-electron chi connectivity index (χ2n) is 3.87. The lowest BCUT2D eigenvalue weighted by atomic mass is 10.3. The van der Waals surface area contributed by atoms with E-state index in [1.54, 1.807) is 0 Å². The zero-order valence-electron chi connectivity index (χ0n) is 8.53. The first kappa shape index (κ1) is 9.52. The molecule has 3 heteroatoms. The first-order valence-electron chi connectivity index (χ1n) is 4.45. The first-order valence-corrected chi connectivity index (χ1v) is 4.45. The molecule has 0 aromatic carbocycles.